The molecule has 2 aromatic rings. The predicted molar refractivity (Wildman–Crippen MR) is 70.3 cm³/mol. The number of ether oxygens (including phenoxy) is 3. The van der Waals surface area contributed by atoms with Crippen LogP contribution in [0.25, 0.3) is 0 Å². The fourth-order valence-electron chi connectivity index (χ4n) is 1.70. The zero-order chi connectivity index (χ0) is 13.7. The summed E-state index contributed by atoms with van der Waals surface area (Å²) in [7, 11) is 3.01. The molecule has 0 atom stereocenters. The lowest BCUT2D eigenvalue weighted by Gasteiger charge is -2.10. The second kappa shape index (κ2) is 6.09. The minimum Gasteiger partial charge on any atom is -0.494 e. The Hall–Kier alpha value is -2.23. The molecular formula is C15H15FO3. The van der Waals surface area contributed by atoms with Crippen molar-refractivity contribution in [2.45, 2.75) is 6.61 Å². The number of hydrogen-bond acceptors (Lipinski definition) is 3. The third-order valence-electron chi connectivity index (χ3n) is 2.68. The van der Waals surface area contributed by atoms with Gasteiger partial charge >= 0.3 is 0 Å². The molecule has 0 aliphatic rings. The van der Waals surface area contributed by atoms with Gasteiger partial charge in [0.25, 0.3) is 0 Å². The largest absolute Gasteiger partial charge is 0.494 e. The van der Waals surface area contributed by atoms with Gasteiger partial charge in [-0.1, -0.05) is 18.2 Å². The van der Waals surface area contributed by atoms with E-state index in [1.807, 2.05) is 18.2 Å². The molecule has 2 aromatic carbocycles. The molecule has 2 rings (SSSR count). The highest BCUT2D eigenvalue weighted by Crippen LogP contribution is 2.27. The lowest BCUT2D eigenvalue weighted by molar-refractivity contribution is 0.283. The number of para-hydroxylation sites is 2. The molecule has 19 heavy (non-hydrogen) atoms. The smallest absolute Gasteiger partial charge is 0.165 e. The summed E-state index contributed by atoms with van der Waals surface area (Å²) in [5.41, 5.74) is 0.726. The summed E-state index contributed by atoms with van der Waals surface area (Å²) in [6.07, 6.45) is 0. The summed E-state index contributed by atoms with van der Waals surface area (Å²) in [5.74, 6) is 1.10. The first kappa shape index (κ1) is 13.2. The van der Waals surface area contributed by atoms with E-state index in [1.54, 1.807) is 25.3 Å². The van der Waals surface area contributed by atoms with Gasteiger partial charge in [0, 0.05) is 0 Å². The van der Waals surface area contributed by atoms with Crippen molar-refractivity contribution >= 4 is 0 Å². The molecular weight excluding hydrogens is 247 g/mol. The van der Waals surface area contributed by atoms with Crippen LogP contribution in [0.2, 0.25) is 0 Å². The molecule has 0 heterocycles. The minimum atomic E-state index is -0.399. The van der Waals surface area contributed by atoms with Gasteiger partial charge in [0.05, 0.1) is 14.2 Å². The van der Waals surface area contributed by atoms with E-state index in [9.17, 15) is 4.39 Å². The Balaban J connectivity index is 2.08. The number of rotatable bonds is 5. The number of benzene rings is 2. The van der Waals surface area contributed by atoms with E-state index in [-0.39, 0.29) is 12.4 Å². The SMILES string of the molecule is COc1ccc(COc2ccccc2OC)cc1F. The van der Waals surface area contributed by atoms with Crippen molar-refractivity contribution < 1.29 is 18.6 Å². The van der Waals surface area contributed by atoms with E-state index in [2.05, 4.69) is 0 Å². The van der Waals surface area contributed by atoms with Crippen molar-refractivity contribution in [3.8, 4) is 17.2 Å². The van der Waals surface area contributed by atoms with Crippen LogP contribution in [-0.4, -0.2) is 14.2 Å². The van der Waals surface area contributed by atoms with Crippen LogP contribution in [0, 0.1) is 5.82 Å². The molecule has 0 saturated heterocycles. The van der Waals surface area contributed by atoms with Crippen molar-refractivity contribution in [1.82, 2.24) is 0 Å². The maximum absolute atomic E-state index is 13.5. The molecule has 0 unspecified atom stereocenters. The first-order valence-corrected chi connectivity index (χ1v) is 5.83. The molecule has 0 aliphatic heterocycles. The molecule has 0 bridgehead atoms. The van der Waals surface area contributed by atoms with Crippen molar-refractivity contribution in [2.75, 3.05) is 14.2 Å². The number of methoxy groups -OCH3 is 2. The highest BCUT2D eigenvalue weighted by molar-refractivity contribution is 5.39. The molecule has 0 aliphatic carbocycles. The van der Waals surface area contributed by atoms with Crippen molar-refractivity contribution in [1.29, 1.82) is 0 Å². The summed E-state index contributed by atoms with van der Waals surface area (Å²) in [4.78, 5) is 0. The Kier molecular flexibility index (Phi) is 4.23. The van der Waals surface area contributed by atoms with Gasteiger partial charge in [0.2, 0.25) is 0 Å². The average molecular weight is 262 g/mol. The Morgan fingerprint density at radius 3 is 2.21 bits per heavy atom. The molecule has 4 heteroatoms. The van der Waals surface area contributed by atoms with Gasteiger partial charge in [-0.05, 0) is 29.8 Å². The van der Waals surface area contributed by atoms with Gasteiger partial charge in [0.15, 0.2) is 23.1 Å². The summed E-state index contributed by atoms with van der Waals surface area (Å²) < 4.78 is 29.2. The van der Waals surface area contributed by atoms with Crippen molar-refractivity contribution in [3.05, 3.63) is 53.8 Å². The number of hydrogen-bond donors (Lipinski definition) is 0. The monoisotopic (exact) mass is 262 g/mol. The molecule has 0 fully saturated rings. The first-order valence-electron chi connectivity index (χ1n) is 5.83. The van der Waals surface area contributed by atoms with Crippen LogP contribution in [0.4, 0.5) is 4.39 Å². The molecule has 3 nitrogen and oxygen atoms in total. The van der Waals surface area contributed by atoms with Gasteiger partial charge in [0.1, 0.15) is 6.61 Å². The third kappa shape index (κ3) is 3.16. The molecule has 100 valence electrons. The van der Waals surface area contributed by atoms with Crippen molar-refractivity contribution in [3.63, 3.8) is 0 Å². The second-order valence-electron chi connectivity index (χ2n) is 3.91. The van der Waals surface area contributed by atoms with Gasteiger partial charge < -0.3 is 14.2 Å². The van der Waals surface area contributed by atoms with Crippen LogP contribution in [0.1, 0.15) is 5.56 Å². The van der Waals surface area contributed by atoms with Gasteiger partial charge in [-0.3, -0.25) is 0 Å². The zero-order valence-electron chi connectivity index (χ0n) is 10.9. The van der Waals surface area contributed by atoms with Gasteiger partial charge in [-0.2, -0.15) is 0 Å². The van der Waals surface area contributed by atoms with Crippen molar-refractivity contribution in [2.24, 2.45) is 0 Å². The van der Waals surface area contributed by atoms with E-state index < -0.39 is 5.82 Å². The van der Waals surface area contributed by atoms with Gasteiger partial charge in [-0.25, -0.2) is 4.39 Å². The topological polar surface area (TPSA) is 27.7 Å². The van der Waals surface area contributed by atoms with Crippen LogP contribution < -0.4 is 14.2 Å². The third-order valence-corrected chi connectivity index (χ3v) is 2.68. The standard InChI is InChI=1S/C15H15FO3/c1-17-13-8-7-11(9-12(13)16)10-19-15-6-4-3-5-14(15)18-2/h3-9H,10H2,1-2H3. The number of halogens is 1. The molecule has 0 N–H and O–H groups in total. The Labute approximate surface area is 111 Å². The Morgan fingerprint density at radius 2 is 1.58 bits per heavy atom. The molecule has 0 radical (unpaired) electrons. The van der Waals surface area contributed by atoms with Crippen LogP contribution >= 0.6 is 0 Å². The van der Waals surface area contributed by atoms with Crippen LogP contribution in [0.3, 0.4) is 0 Å². The van der Waals surface area contributed by atoms with Crippen LogP contribution in [-0.2, 0) is 6.61 Å². The minimum absolute atomic E-state index is 0.223. The normalized spacial score (nSPS) is 10.1. The highest BCUT2D eigenvalue weighted by Gasteiger charge is 2.06. The van der Waals surface area contributed by atoms with Gasteiger partial charge in [-0.15, -0.1) is 0 Å². The zero-order valence-corrected chi connectivity index (χ0v) is 10.9. The molecule has 0 spiro atoms. The maximum atomic E-state index is 13.5. The highest BCUT2D eigenvalue weighted by atomic mass is 19.1. The van der Waals surface area contributed by atoms with E-state index >= 15 is 0 Å². The predicted octanol–water partition coefficient (Wildman–Crippen LogP) is 3.42. The average Bonchev–Trinajstić information content (AvgIpc) is 2.45. The fraction of sp³-hybridized carbons (Fsp3) is 0.200. The van der Waals surface area contributed by atoms with E-state index in [1.165, 1.54) is 13.2 Å². The molecule has 0 saturated carbocycles. The fourth-order valence-corrected chi connectivity index (χ4v) is 1.70. The second-order valence-corrected chi connectivity index (χ2v) is 3.91. The van der Waals surface area contributed by atoms with E-state index in [0.717, 1.165) is 5.56 Å². The molecule has 0 amide bonds. The molecule has 0 aromatic heterocycles. The lowest BCUT2D eigenvalue weighted by atomic mass is 10.2. The summed E-state index contributed by atoms with van der Waals surface area (Å²) in [6.45, 7) is 0.265. The Morgan fingerprint density at radius 1 is 0.895 bits per heavy atom. The summed E-state index contributed by atoms with van der Waals surface area (Å²) >= 11 is 0. The van der Waals surface area contributed by atoms with E-state index in [0.29, 0.717) is 11.5 Å². The Bertz CT molecular complexity index is 555. The lowest BCUT2D eigenvalue weighted by Crippen LogP contribution is -1.98. The maximum Gasteiger partial charge on any atom is 0.165 e. The quantitative estimate of drug-likeness (QED) is 0.826. The van der Waals surface area contributed by atoms with Crippen LogP contribution in [0.5, 0.6) is 17.2 Å². The van der Waals surface area contributed by atoms with Crippen LogP contribution in [0.15, 0.2) is 42.5 Å². The van der Waals surface area contributed by atoms with E-state index in [4.69, 9.17) is 14.2 Å². The summed E-state index contributed by atoms with van der Waals surface area (Å²) in [5, 5.41) is 0. The first-order chi connectivity index (χ1) is 9.24. The summed E-state index contributed by atoms with van der Waals surface area (Å²) in [6, 6.07) is 12.1.